The molecule has 8 nitrogen and oxygen atoms in total. The van der Waals surface area contributed by atoms with Crippen molar-refractivity contribution in [3.05, 3.63) is 46.1 Å². The van der Waals surface area contributed by atoms with Crippen molar-refractivity contribution in [2.24, 2.45) is 10.9 Å². The number of fused-ring (bicyclic) bond motifs is 2. The van der Waals surface area contributed by atoms with Crippen LogP contribution in [0.1, 0.15) is 11.3 Å². The van der Waals surface area contributed by atoms with Crippen molar-refractivity contribution in [1.29, 1.82) is 0 Å². The molecule has 27 heavy (non-hydrogen) atoms. The van der Waals surface area contributed by atoms with E-state index in [1.807, 2.05) is 17.5 Å². The van der Waals surface area contributed by atoms with Crippen molar-refractivity contribution in [1.82, 2.24) is 10.2 Å². The van der Waals surface area contributed by atoms with E-state index in [4.69, 9.17) is 9.47 Å². The number of urea groups is 1. The van der Waals surface area contributed by atoms with Gasteiger partial charge in [0.15, 0.2) is 11.5 Å². The van der Waals surface area contributed by atoms with Gasteiger partial charge in [0, 0.05) is 30.5 Å². The predicted molar refractivity (Wildman–Crippen MR) is 96.9 cm³/mol. The summed E-state index contributed by atoms with van der Waals surface area (Å²) in [5.74, 6) is -0.351. The Balaban J connectivity index is 1.33. The normalized spacial score (nSPS) is 20.7. The van der Waals surface area contributed by atoms with E-state index in [0.717, 1.165) is 11.3 Å². The summed E-state index contributed by atoms with van der Waals surface area (Å²) in [4.78, 5) is 43.0. The van der Waals surface area contributed by atoms with Gasteiger partial charge in [0.25, 0.3) is 0 Å². The zero-order chi connectivity index (χ0) is 18.8. The number of thiophene rings is 1. The third-order valence-electron chi connectivity index (χ3n) is 4.41. The Morgan fingerprint density at radius 2 is 2.19 bits per heavy atom. The summed E-state index contributed by atoms with van der Waals surface area (Å²) in [5.41, 5.74) is 0.339. The Morgan fingerprint density at radius 1 is 1.33 bits per heavy atom. The molecule has 1 fully saturated rings. The second kappa shape index (κ2) is 7.36. The maximum Gasteiger partial charge on any atom is 0.350 e. The summed E-state index contributed by atoms with van der Waals surface area (Å²) in [6.45, 7) is 0.589. The van der Waals surface area contributed by atoms with Crippen molar-refractivity contribution in [2.75, 3.05) is 19.9 Å². The van der Waals surface area contributed by atoms with Crippen LogP contribution in [0.2, 0.25) is 0 Å². The fraction of sp³-hybridized carbons (Fsp3) is 0.333. The van der Waals surface area contributed by atoms with Gasteiger partial charge in [-0.05, 0) is 23.9 Å². The molecule has 0 bridgehead atoms. The molecule has 0 saturated carbocycles. The van der Waals surface area contributed by atoms with Gasteiger partial charge >= 0.3 is 6.03 Å². The molecule has 0 radical (unpaired) electrons. The summed E-state index contributed by atoms with van der Waals surface area (Å²) >= 11 is 1.64. The van der Waals surface area contributed by atoms with Crippen LogP contribution in [0, 0.1) is 5.92 Å². The number of carbonyl (C=O) groups is 3. The number of rotatable bonds is 6. The van der Waals surface area contributed by atoms with E-state index >= 15 is 0 Å². The molecule has 1 aromatic heterocycles. The van der Waals surface area contributed by atoms with E-state index < -0.39 is 17.9 Å². The number of carbonyl (C=O) groups excluding carboxylic acids is 3. The Bertz CT molecular complexity index is 872. The highest BCUT2D eigenvalue weighted by Crippen LogP contribution is 2.31. The van der Waals surface area contributed by atoms with Gasteiger partial charge in [0.05, 0.1) is 5.71 Å². The van der Waals surface area contributed by atoms with Crippen LogP contribution in [0.4, 0.5) is 4.79 Å². The SMILES string of the molecule is O=C(CCN1C(=O)N=C2C=C3OCOC3=CC2C1=O)NCCc1cccs1. The fourth-order valence-corrected chi connectivity index (χ4v) is 3.73. The highest BCUT2D eigenvalue weighted by atomic mass is 32.1. The molecule has 2 aliphatic heterocycles. The molecule has 140 valence electrons. The summed E-state index contributed by atoms with van der Waals surface area (Å²) in [6.07, 6.45) is 3.95. The molecule has 3 heterocycles. The molecule has 0 spiro atoms. The van der Waals surface area contributed by atoms with Gasteiger partial charge in [0.2, 0.25) is 18.6 Å². The lowest BCUT2D eigenvalue weighted by Crippen LogP contribution is -2.47. The van der Waals surface area contributed by atoms with Crippen LogP contribution in [0.25, 0.3) is 0 Å². The molecular formula is C18H17N3O5S. The number of nitrogens with zero attached hydrogens (tertiary/aromatic N) is 2. The fourth-order valence-electron chi connectivity index (χ4n) is 3.02. The van der Waals surface area contributed by atoms with Gasteiger partial charge in [-0.3, -0.25) is 14.5 Å². The maximum absolute atomic E-state index is 12.7. The molecule has 4 rings (SSSR count). The molecule has 0 aromatic carbocycles. The monoisotopic (exact) mass is 387 g/mol. The average molecular weight is 387 g/mol. The molecule has 1 atom stereocenters. The summed E-state index contributed by atoms with van der Waals surface area (Å²) in [7, 11) is 0. The Labute approximate surface area is 159 Å². The van der Waals surface area contributed by atoms with Crippen molar-refractivity contribution in [3.8, 4) is 0 Å². The second-order valence-corrected chi connectivity index (χ2v) is 7.19. The number of imide groups is 1. The van der Waals surface area contributed by atoms with E-state index in [9.17, 15) is 14.4 Å². The van der Waals surface area contributed by atoms with Crippen LogP contribution in [0.3, 0.4) is 0 Å². The highest BCUT2D eigenvalue weighted by molar-refractivity contribution is 7.09. The number of aliphatic imine (C=N–C) groups is 1. The quantitative estimate of drug-likeness (QED) is 0.800. The number of amides is 4. The lowest BCUT2D eigenvalue weighted by molar-refractivity contribution is -0.130. The molecule has 1 aliphatic carbocycles. The molecule has 4 amide bonds. The van der Waals surface area contributed by atoms with Crippen LogP contribution in [0.5, 0.6) is 0 Å². The van der Waals surface area contributed by atoms with Crippen LogP contribution >= 0.6 is 11.3 Å². The molecule has 1 N–H and O–H groups in total. The average Bonchev–Trinajstić information content (AvgIpc) is 3.31. The minimum atomic E-state index is -0.690. The van der Waals surface area contributed by atoms with Gasteiger partial charge in [-0.15, -0.1) is 11.3 Å². The number of hydrogen-bond acceptors (Lipinski definition) is 6. The first-order chi connectivity index (χ1) is 13.1. The van der Waals surface area contributed by atoms with Crippen LogP contribution in [-0.4, -0.2) is 48.3 Å². The van der Waals surface area contributed by atoms with Crippen molar-refractivity contribution < 1.29 is 23.9 Å². The predicted octanol–water partition coefficient (Wildman–Crippen LogP) is 1.60. The van der Waals surface area contributed by atoms with Gasteiger partial charge in [-0.1, -0.05) is 6.07 Å². The Morgan fingerprint density at radius 3 is 3.00 bits per heavy atom. The standard InChI is InChI=1S/C18H17N3O5S/c22-16(19-5-3-11-2-1-7-27-11)4-6-21-17(23)12-8-14-15(26-10-25-14)9-13(12)20-18(21)24/h1-2,7-9,12H,3-6,10H2,(H,19,22). The topological polar surface area (TPSA) is 97.3 Å². The van der Waals surface area contributed by atoms with E-state index in [0.29, 0.717) is 23.8 Å². The van der Waals surface area contributed by atoms with Gasteiger partial charge < -0.3 is 14.8 Å². The van der Waals surface area contributed by atoms with Gasteiger partial charge in [0.1, 0.15) is 5.92 Å². The van der Waals surface area contributed by atoms with E-state index in [2.05, 4.69) is 10.3 Å². The second-order valence-electron chi connectivity index (χ2n) is 6.16. The number of hydrogen-bond donors (Lipinski definition) is 1. The molecule has 1 unspecified atom stereocenters. The van der Waals surface area contributed by atoms with Gasteiger partial charge in [-0.2, -0.15) is 4.99 Å². The molecule has 3 aliphatic rings. The summed E-state index contributed by atoms with van der Waals surface area (Å²) in [5, 5.41) is 4.79. The van der Waals surface area contributed by atoms with E-state index in [1.165, 1.54) is 4.88 Å². The highest BCUT2D eigenvalue weighted by Gasteiger charge is 2.39. The summed E-state index contributed by atoms with van der Waals surface area (Å²) < 4.78 is 10.5. The first-order valence-electron chi connectivity index (χ1n) is 8.54. The minimum Gasteiger partial charge on any atom is -0.454 e. The summed E-state index contributed by atoms with van der Waals surface area (Å²) in [6, 6.07) is 3.31. The number of nitrogens with one attached hydrogen (secondary N) is 1. The zero-order valence-electron chi connectivity index (χ0n) is 14.3. The molecule has 9 heteroatoms. The lowest BCUT2D eigenvalue weighted by Gasteiger charge is -2.28. The smallest absolute Gasteiger partial charge is 0.350 e. The first-order valence-corrected chi connectivity index (χ1v) is 9.42. The van der Waals surface area contributed by atoms with Crippen LogP contribution in [0.15, 0.2) is 46.2 Å². The van der Waals surface area contributed by atoms with Gasteiger partial charge in [-0.25, -0.2) is 4.79 Å². The van der Waals surface area contributed by atoms with E-state index in [-0.39, 0.29) is 25.7 Å². The van der Waals surface area contributed by atoms with Crippen LogP contribution in [-0.2, 0) is 25.5 Å². The Hall–Kier alpha value is -2.94. The van der Waals surface area contributed by atoms with Crippen molar-refractivity contribution >= 4 is 34.9 Å². The van der Waals surface area contributed by atoms with Crippen LogP contribution < -0.4 is 5.32 Å². The Kier molecular flexibility index (Phi) is 4.76. The van der Waals surface area contributed by atoms with E-state index in [1.54, 1.807) is 23.5 Å². The molecule has 1 saturated heterocycles. The molecular weight excluding hydrogens is 370 g/mol. The zero-order valence-corrected chi connectivity index (χ0v) is 15.2. The third-order valence-corrected chi connectivity index (χ3v) is 5.35. The third kappa shape index (κ3) is 3.63. The first kappa shape index (κ1) is 17.5. The van der Waals surface area contributed by atoms with Crippen molar-refractivity contribution in [3.63, 3.8) is 0 Å². The van der Waals surface area contributed by atoms with Crippen molar-refractivity contribution in [2.45, 2.75) is 12.8 Å². The minimum absolute atomic E-state index is 0.00706. The largest absolute Gasteiger partial charge is 0.454 e. The lowest BCUT2D eigenvalue weighted by atomic mass is 9.93. The number of ether oxygens (including phenoxy) is 2. The number of allylic oxidation sites excluding steroid dienone is 1. The maximum atomic E-state index is 12.7. The molecule has 1 aromatic rings.